The normalized spacial score (nSPS) is 12.2. The number of hydrogen-bond acceptors (Lipinski definition) is 5. The third kappa shape index (κ3) is 4.99. The molecule has 3 aromatic rings. The first-order chi connectivity index (χ1) is 14.3. The zero-order chi connectivity index (χ0) is 21.7. The Bertz CT molecular complexity index is 1050. The Labute approximate surface area is 179 Å². The second-order valence-electron chi connectivity index (χ2n) is 7.81. The number of aromatic nitrogens is 4. The van der Waals surface area contributed by atoms with Gasteiger partial charge in [0.15, 0.2) is 0 Å². The van der Waals surface area contributed by atoms with Crippen molar-refractivity contribution in [1.29, 1.82) is 0 Å². The van der Waals surface area contributed by atoms with Gasteiger partial charge in [0.1, 0.15) is 5.82 Å². The van der Waals surface area contributed by atoms with Crippen molar-refractivity contribution in [3.8, 4) is 0 Å². The Morgan fingerprint density at radius 3 is 2.50 bits per heavy atom. The minimum atomic E-state index is -3.47. The summed E-state index contributed by atoms with van der Waals surface area (Å²) in [5.74, 6) is 0.991. The van der Waals surface area contributed by atoms with Gasteiger partial charge in [-0.2, -0.15) is 0 Å². The van der Waals surface area contributed by atoms with Gasteiger partial charge in [-0.25, -0.2) is 18.4 Å². The molecule has 0 aliphatic rings. The van der Waals surface area contributed by atoms with E-state index in [0.717, 1.165) is 24.5 Å². The minimum absolute atomic E-state index is 0.159. The van der Waals surface area contributed by atoms with E-state index in [1.807, 2.05) is 42.2 Å². The molecule has 0 radical (unpaired) electrons. The van der Waals surface area contributed by atoms with Crippen molar-refractivity contribution < 1.29 is 8.42 Å². The minimum Gasteiger partial charge on any atom is -0.334 e. The van der Waals surface area contributed by atoms with Gasteiger partial charge >= 0.3 is 0 Å². The highest BCUT2D eigenvalue weighted by Crippen LogP contribution is 2.19. The quantitative estimate of drug-likeness (QED) is 0.495. The van der Waals surface area contributed by atoms with Crippen molar-refractivity contribution in [3.63, 3.8) is 0 Å². The Morgan fingerprint density at radius 1 is 1.10 bits per heavy atom. The number of rotatable bonds is 10. The van der Waals surface area contributed by atoms with Crippen LogP contribution in [0.1, 0.15) is 37.9 Å². The van der Waals surface area contributed by atoms with Crippen LogP contribution in [0.3, 0.4) is 0 Å². The van der Waals surface area contributed by atoms with Gasteiger partial charge in [-0.15, -0.1) is 0 Å². The van der Waals surface area contributed by atoms with Gasteiger partial charge in [0.2, 0.25) is 15.0 Å². The van der Waals surface area contributed by atoms with Gasteiger partial charge in [0, 0.05) is 32.0 Å². The molecule has 7 nitrogen and oxygen atoms in total. The lowest BCUT2D eigenvalue weighted by Gasteiger charge is -2.19. The number of aryl methyl sites for hydroxylation is 2. The van der Waals surface area contributed by atoms with E-state index in [4.69, 9.17) is 0 Å². The number of nitrogens with zero attached hydrogens (tertiary/aromatic N) is 5. The molecule has 0 unspecified atom stereocenters. The Hall–Kier alpha value is -2.45. The van der Waals surface area contributed by atoms with Crippen LogP contribution in [-0.4, -0.2) is 44.7 Å². The lowest BCUT2D eigenvalue weighted by atomic mass is 10.1. The monoisotopic (exact) mass is 429 g/mol. The van der Waals surface area contributed by atoms with E-state index in [0.29, 0.717) is 19.6 Å². The second kappa shape index (κ2) is 9.57. The van der Waals surface area contributed by atoms with Crippen molar-refractivity contribution in [3.05, 3.63) is 66.0 Å². The Balaban J connectivity index is 1.84. The number of benzene rings is 1. The molecule has 1 aromatic carbocycles. The molecule has 30 heavy (non-hydrogen) atoms. The van der Waals surface area contributed by atoms with Gasteiger partial charge in [-0.1, -0.05) is 30.3 Å². The summed E-state index contributed by atoms with van der Waals surface area (Å²) in [6.45, 7) is 8.19. The molecular weight excluding hydrogens is 398 g/mol. The molecule has 0 N–H and O–H groups in total. The largest absolute Gasteiger partial charge is 0.334 e. The molecule has 0 aliphatic heterocycles. The maximum absolute atomic E-state index is 12.9. The average molecular weight is 430 g/mol. The summed E-state index contributed by atoms with van der Waals surface area (Å²) in [6, 6.07) is 10.1. The van der Waals surface area contributed by atoms with Gasteiger partial charge in [0.25, 0.3) is 0 Å². The van der Waals surface area contributed by atoms with Gasteiger partial charge in [0.05, 0.1) is 23.7 Å². The van der Waals surface area contributed by atoms with Crippen LogP contribution in [0.2, 0.25) is 0 Å². The highest BCUT2D eigenvalue weighted by atomic mass is 32.2. The summed E-state index contributed by atoms with van der Waals surface area (Å²) in [6.07, 6.45) is 6.22. The van der Waals surface area contributed by atoms with E-state index in [2.05, 4.69) is 38.5 Å². The van der Waals surface area contributed by atoms with Crippen LogP contribution in [0.15, 0.2) is 54.1 Å². The van der Waals surface area contributed by atoms with E-state index in [9.17, 15) is 8.42 Å². The molecule has 2 aromatic heterocycles. The highest BCUT2D eigenvalue weighted by Gasteiger charge is 2.27. The van der Waals surface area contributed by atoms with E-state index >= 15 is 0 Å². The fourth-order valence-corrected chi connectivity index (χ4v) is 4.57. The molecular formula is C22H31N5O2S. The van der Waals surface area contributed by atoms with E-state index in [1.165, 1.54) is 5.56 Å². The van der Waals surface area contributed by atoms with Crippen LogP contribution in [0.5, 0.6) is 0 Å². The average Bonchev–Trinajstić information content (AvgIpc) is 3.33. The van der Waals surface area contributed by atoms with Crippen LogP contribution >= 0.6 is 0 Å². The standard InChI is InChI=1S/C22H31N5O2S/c1-5-26-14-12-23-21(26)17-25(4)16-20-15-24-22(30(28,29)18(2)3)27(20)13-11-19-9-7-6-8-10-19/h6-10,12,14-15,18H,5,11,13,16-17H2,1-4H3. The first-order valence-corrected chi connectivity index (χ1v) is 11.9. The number of sulfone groups is 1. The van der Waals surface area contributed by atoms with Crippen LogP contribution in [0.25, 0.3) is 0 Å². The van der Waals surface area contributed by atoms with E-state index in [1.54, 1.807) is 20.0 Å². The van der Waals surface area contributed by atoms with Crippen molar-refractivity contribution in [2.45, 2.75) is 63.8 Å². The summed E-state index contributed by atoms with van der Waals surface area (Å²) in [7, 11) is -1.46. The van der Waals surface area contributed by atoms with E-state index in [-0.39, 0.29) is 5.16 Å². The topological polar surface area (TPSA) is 73.0 Å². The smallest absolute Gasteiger partial charge is 0.228 e. The zero-order valence-corrected chi connectivity index (χ0v) is 19.0. The Kier molecular flexibility index (Phi) is 7.10. The lowest BCUT2D eigenvalue weighted by Crippen LogP contribution is -2.24. The van der Waals surface area contributed by atoms with Gasteiger partial charge in [-0.05, 0) is 39.8 Å². The van der Waals surface area contributed by atoms with Crippen LogP contribution in [0.4, 0.5) is 0 Å². The summed E-state index contributed by atoms with van der Waals surface area (Å²) in [4.78, 5) is 10.9. The van der Waals surface area contributed by atoms with Crippen LogP contribution in [-0.2, 0) is 42.4 Å². The third-order valence-corrected chi connectivity index (χ3v) is 7.31. The van der Waals surface area contributed by atoms with Crippen molar-refractivity contribution >= 4 is 9.84 Å². The first-order valence-electron chi connectivity index (χ1n) is 10.3. The van der Waals surface area contributed by atoms with Gasteiger partial charge < -0.3 is 9.13 Å². The fraction of sp³-hybridized carbons (Fsp3) is 0.455. The summed E-state index contributed by atoms with van der Waals surface area (Å²) < 4.78 is 29.8. The molecule has 162 valence electrons. The maximum atomic E-state index is 12.9. The maximum Gasteiger partial charge on any atom is 0.228 e. The highest BCUT2D eigenvalue weighted by molar-refractivity contribution is 7.91. The first kappa shape index (κ1) is 22.2. The lowest BCUT2D eigenvalue weighted by molar-refractivity contribution is 0.295. The van der Waals surface area contributed by atoms with Crippen LogP contribution < -0.4 is 0 Å². The predicted molar refractivity (Wildman–Crippen MR) is 118 cm³/mol. The second-order valence-corrected chi connectivity index (χ2v) is 10.2. The molecule has 0 saturated heterocycles. The summed E-state index contributed by atoms with van der Waals surface area (Å²) >= 11 is 0. The molecule has 0 spiro atoms. The molecule has 0 aliphatic carbocycles. The van der Waals surface area contributed by atoms with Crippen molar-refractivity contribution in [1.82, 2.24) is 24.0 Å². The molecule has 0 saturated carbocycles. The van der Waals surface area contributed by atoms with Gasteiger partial charge in [-0.3, -0.25) is 4.90 Å². The summed E-state index contributed by atoms with van der Waals surface area (Å²) in [5, 5.41) is -0.357. The molecule has 0 bridgehead atoms. The van der Waals surface area contributed by atoms with Crippen LogP contribution in [0, 0.1) is 0 Å². The SMILES string of the molecule is CCn1ccnc1CN(C)Cc1cnc(S(=O)(=O)C(C)C)n1CCc1ccccc1. The number of imidazole rings is 2. The molecule has 2 heterocycles. The molecule has 0 atom stereocenters. The fourth-order valence-electron chi connectivity index (χ4n) is 3.43. The number of hydrogen-bond donors (Lipinski definition) is 0. The third-order valence-electron chi connectivity index (χ3n) is 5.23. The van der Waals surface area contributed by atoms with E-state index < -0.39 is 15.1 Å². The molecule has 0 amide bonds. The van der Waals surface area contributed by atoms with Crippen molar-refractivity contribution in [2.24, 2.45) is 0 Å². The summed E-state index contributed by atoms with van der Waals surface area (Å²) in [5.41, 5.74) is 2.06. The molecule has 0 fully saturated rings. The molecule has 3 rings (SSSR count). The zero-order valence-electron chi connectivity index (χ0n) is 18.2. The Morgan fingerprint density at radius 2 is 1.83 bits per heavy atom. The van der Waals surface area contributed by atoms with Crippen molar-refractivity contribution in [2.75, 3.05) is 7.05 Å². The predicted octanol–water partition coefficient (Wildman–Crippen LogP) is 3.16. The molecule has 8 heteroatoms.